The van der Waals surface area contributed by atoms with Crippen LogP contribution in [0.5, 0.6) is 0 Å². The number of rotatable bonds is 3. The lowest BCUT2D eigenvalue weighted by atomic mass is 9.97. The molecule has 3 nitrogen and oxygen atoms in total. The first-order chi connectivity index (χ1) is 8.48. The minimum Gasteiger partial charge on any atom is -0.369 e. The van der Waals surface area contributed by atoms with Crippen LogP contribution >= 0.6 is 11.6 Å². The summed E-state index contributed by atoms with van der Waals surface area (Å²) >= 11 is 6.01. The molecule has 0 saturated carbocycles. The van der Waals surface area contributed by atoms with Gasteiger partial charge >= 0.3 is 0 Å². The van der Waals surface area contributed by atoms with Crippen molar-refractivity contribution in [1.82, 2.24) is 4.90 Å². The third-order valence-corrected chi connectivity index (χ3v) is 4.40. The molecule has 0 spiro atoms. The van der Waals surface area contributed by atoms with Crippen molar-refractivity contribution in [3.63, 3.8) is 0 Å². The van der Waals surface area contributed by atoms with Crippen LogP contribution in [0.25, 0.3) is 0 Å². The van der Waals surface area contributed by atoms with Crippen LogP contribution in [0.1, 0.15) is 12.0 Å². The van der Waals surface area contributed by atoms with Crippen LogP contribution < -0.4 is 10.6 Å². The lowest BCUT2D eigenvalue weighted by Crippen LogP contribution is -2.52. The van der Waals surface area contributed by atoms with Crippen molar-refractivity contribution < 1.29 is 0 Å². The van der Waals surface area contributed by atoms with Gasteiger partial charge in [-0.25, -0.2) is 0 Å². The molecular formula is C14H22ClN3. The second-order valence-corrected chi connectivity index (χ2v) is 5.86. The molecule has 0 radical (unpaired) electrons. The minimum atomic E-state index is 0.103. The maximum atomic E-state index is 6.01. The van der Waals surface area contributed by atoms with Crippen molar-refractivity contribution in [3.05, 3.63) is 28.8 Å². The van der Waals surface area contributed by atoms with Crippen molar-refractivity contribution >= 4 is 17.3 Å². The molecule has 0 bridgehead atoms. The number of halogens is 1. The van der Waals surface area contributed by atoms with Gasteiger partial charge in [-0.2, -0.15) is 0 Å². The van der Waals surface area contributed by atoms with Crippen molar-refractivity contribution in [1.29, 1.82) is 0 Å². The Morgan fingerprint density at radius 3 is 2.67 bits per heavy atom. The van der Waals surface area contributed by atoms with E-state index in [0.29, 0.717) is 6.54 Å². The van der Waals surface area contributed by atoms with Gasteiger partial charge in [0.2, 0.25) is 0 Å². The number of nitrogens with two attached hydrogens (primary N) is 1. The summed E-state index contributed by atoms with van der Waals surface area (Å²) in [6, 6.07) is 6.09. The Balaban J connectivity index is 2.22. The fraction of sp³-hybridized carbons (Fsp3) is 0.571. The Hall–Kier alpha value is -0.770. The Labute approximate surface area is 115 Å². The molecule has 100 valence electrons. The normalized spacial score (nSPS) is 24.0. The van der Waals surface area contributed by atoms with Crippen molar-refractivity contribution in [2.24, 2.45) is 5.73 Å². The number of hydrogen-bond acceptors (Lipinski definition) is 3. The highest BCUT2D eigenvalue weighted by Gasteiger charge is 2.39. The number of aryl methyl sites for hydroxylation is 1. The molecule has 2 N–H and O–H groups in total. The van der Waals surface area contributed by atoms with Gasteiger partial charge in [0.1, 0.15) is 0 Å². The van der Waals surface area contributed by atoms with Gasteiger partial charge in [0.15, 0.2) is 0 Å². The Bertz CT molecular complexity index is 433. The SMILES string of the molecule is Cc1cc(Cl)ccc1N1CCC(CN)(N(C)C)C1. The molecule has 1 atom stereocenters. The number of benzene rings is 1. The van der Waals surface area contributed by atoms with Gasteiger partial charge in [-0.15, -0.1) is 0 Å². The van der Waals surface area contributed by atoms with Gasteiger partial charge in [-0.3, -0.25) is 0 Å². The summed E-state index contributed by atoms with van der Waals surface area (Å²) in [5, 5.41) is 0.799. The van der Waals surface area contributed by atoms with E-state index in [9.17, 15) is 0 Å². The van der Waals surface area contributed by atoms with Crippen LogP contribution in [-0.2, 0) is 0 Å². The van der Waals surface area contributed by atoms with E-state index in [2.05, 4.69) is 36.9 Å². The van der Waals surface area contributed by atoms with E-state index in [-0.39, 0.29) is 5.54 Å². The molecule has 0 amide bonds. The molecule has 1 aliphatic rings. The van der Waals surface area contributed by atoms with Crippen LogP contribution in [-0.4, -0.2) is 44.2 Å². The lowest BCUT2D eigenvalue weighted by Gasteiger charge is -2.35. The zero-order valence-electron chi connectivity index (χ0n) is 11.4. The van der Waals surface area contributed by atoms with Crippen LogP contribution in [0.15, 0.2) is 18.2 Å². The fourth-order valence-corrected chi connectivity index (χ4v) is 2.98. The summed E-state index contributed by atoms with van der Waals surface area (Å²) in [7, 11) is 4.23. The maximum Gasteiger partial charge on any atom is 0.0518 e. The molecule has 0 aliphatic carbocycles. The molecule has 1 heterocycles. The van der Waals surface area contributed by atoms with E-state index in [4.69, 9.17) is 17.3 Å². The number of anilines is 1. The number of hydrogen-bond donors (Lipinski definition) is 1. The van der Waals surface area contributed by atoms with Crippen LogP contribution in [0.2, 0.25) is 5.02 Å². The van der Waals surface area contributed by atoms with E-state index >= 15 is 0 Å². The van der Waals surface area contributed by atoms with E-state index in [1.54, 1.807) is 0 Å². The topological polar surface area (TPSA) is 32.5 Å². The molecule has 1 fully saturated rings. The monoisotopic (exact) mass is 267 g/mol. The third kappa shape index (κ3) is 2.35. The molecule has 1 aromatic carbocycles. The van der Waals surface area contributed by atoms with E-state index in [1.165, 1.54) is 11.3 Å². The highest BCUT2D eigenvalue weighted by molar-refractivity contribution is 6.30. The van der Waals surface area contributed by atoms with Crippen LogP contribution in [0.4, 0.5) is 5.69 Å². The summed E-state index contributed by atoms with van der Waals surface area (Å²) in [6.07, 6.45) is 1.11. The first kappa shape index (κ1) is 13.7. The minimum absolute atomic E-state index is 0.103. The van der Waals surface area contributed by atoms with Crippen molar-refractivity contribution in [2.45, 2.75) is 18.9 Å². The predicted molar refractivity (Wildman–Crippen MR) is 78.5 cm³/mol. The summed E-state index contributed by atoms with van der Waals surface area (Å²) in [5.74, 6) is 0. The summed E-state index contributed by atoms with van der Waals surface area (Å²) in [5.41, 5.74) is 8.59. The number of likely N-dealkylation sites (N-methyl/N-ethyl adjacent to an activating group) is 1. The standard InChI is InChI=1S/C14H22ClN3/c1-11-8-12(15)4-5-13(11)18-7-6-14(9-16,10-18)17(2)3/h4-5,8H,6-7,9-10,16H2,1-3H3. The predicted octanol–water partition coefficient (Wildman–Crippen LogP) is 2.12. The van der Waals surface area contributed by atoms with Crippen LogP contribution in [0.3, 0.4) is 0 Å². The summed E-state index contributed by atoms with van der Waals surface area (Å²) in [6.45, 7) is 4.85. The van der Waals surface area contributed by atoms with E-state index in [0.717, 1.165) is 24.5 Å². The molecule has 2 rings (SSSR count). The van der Waals surface area contributed by atoms with Gasteiger partial charge in [-0.05, 0) is 51.2 Å². The summed E-state index contributed by atoms with van der Waals surface area (Å²) < 4.78 is 0. The molecule has 1 aromatic rings. The Morgan fingerprint density at radius 2 is 2.17 bits per heavy atom. The summed E-state index contributed by atoms with van der Waals surface area (Å²) in [4.78, 5) is 4.68. The lowest BCUT2D eigenvalue weighted by molar-refractivity contribution is 0.184. The molecular weight excluding hydrogens is 246 g/mol. The highest BCUT2D eigenvalue weighted by Crippen LogP contribution is 2.32. The van der Waals surface area contributed by atoms with Gasteiger partial charge in [0.25, 0.3) is 0 Å². The molecule has 1 saturated heterocycles. The first-order valence-corrected chi connectivity index (χ1v) is 6.75. The zero-order valence-corrected chi connectivity index (χ0v) is 12.2. The Morgan fingerprint density at radius 1 is 1.44 bits per heavy atom. The fourth-order valence-electron chi connectivity index (χ4n) is 2.75. The van der Waals surface area contributed by atoms with Crippen LogP contribution in [0, 0.1) is 6.92 Å². The molecule has 1 aliphatic heterocycles. The average molecular weight is 268 g/mol. The van der Waals surface area contributed by atoms with Gasteiger partial charge < -0.3 is 15.5 Å². The smallest absolute Gasteiger partial charge is 0.0518 e. The second-order valence-electron chi connectivity index (χ2n) is 5.43. The molecule has 0 aromatic heterocycles. The van der Waals surface area contributed by atoms with Gasteiger partial charge in [0, 0.05) is 30.3 Å². The molecule has 18 heavy (non-hydrogen) atoms. The zero-order chi connectivity index (χ0) is 13.3. The Kier molecular flexibility index (Phi) is 3.85. The maximum absolute atomic E-state index is 6.01. The first-order valence-electron chi connectivity index (χ1n) is 6.37. The van der Waals surface area contributed by atoms with E-state index < -0.39 is 0 Å². The van der Waals surface area contributed by atoms with Gasteiger partial charge in [0.05, 0.1) is 5.54 Å². The van der Waals surface area contributed by atoms with E-state index in [1.807, 2.05) is 12.1 Å². The van der Waals surface area contributed by atoms with Crippen molar-refractivity contribution in [2.75, 3.05) is 38.6 Å². The largest absolute Gasteiger partial charge is 0.369 e. The number of nitrogens with zero attached hydrogens (tertiary/aromatic N) is 2. The van der Waals surface area contributed by atoms with Gasteiger partial charge in [-0.1, -0.05) is 11.6 Å². The van der Waals surface area contributed by atoms with Crippen molar-refractivity contribution in [3.8, 4) is 0 Å². The quantitative estimate of drug-likeness (QED) is 0.911. The molecule has 4 heteroatoms. The molecule has 1 unspecified atom stereocenters. The average Bonchev–Trinajstić information content (AvgIpc) is 2.74. The highest BCUT2D eigenvalue weighted by atomic mass is 35.5. The second kappa shape index (κ2) is 5.08. The third-order valence-electron chi connectivity index (χ3n) is 4.16.